The summed E-state index contributed by atoms with van der Waals surface area (Å²) in [5, 5.41) is 0. The summed E-state index contributed by atoms with van der Waals surface area (Å²) in [6, 6.07) is 0. The topological polar surface area (TPSA) is 102 Å². The molecule has 0 heterocycles. The first-order valence-electron chi connectivity index (χ1n) is 17.8. The van der Waals surface area contributed by atoms with E-state index >= 15 is 0 Å². The molecule has 0 aromatic carbocycles. The normalized spacial score (nSPS) is 13.0. The fourth-order valence-corrected chi connectivity index (χ4v) is 5.19. The number of rotatable bonds is 33. The quantitative estimate of drug-likeness (QED) is 0.0241. The Bertz CT molecular complexity index is 760. The number of phosphoric ester groups is 1. The molecule has 0 aromatic rings. The van der Waals surface area contributed by atoms with Gasteiger partial charge in [-0.15, -0.1) is 0 Å². The molecule has 0 radical (unpaired) electrons. The Morgan fingerprint density at radius 1 is 0.614 bits per heavy atom. The maximum atomic E-state index is 12.3. The SMILES string of the molecule is CCCC/C=C\C/C=C\CCCCCCCC(=O)O[C@H](CO/C=C\CCCCCCCCCCCCCC)COP(=O)(O)O. The molecule has 0 fully saturated rings. The Hall–Kier alpha value is -1.40. The third-order valence-electron chi connectivity index (χ3n) is 7.51. The van der Waals surface area contributed by atoms with Gasteiger partial charge in [-0.05, 0) is 51.0 Å². The Morgan fingerprint density at radius 2 is 1.09 bits per heavy atom. The maximum Gasteiger partial charge on any atom is 0.469 e. The lowest BCUT2D eigenvalue weighted by Crippen LogP contribution is -2.27. The molecule has 0 saturated carbocycles. The van der Waals surface area contributed by atoms with Crippen LogP contribution in [0.15, 0.2) is 36.6 Å². The second-order valence-electron chi connectivity index (χ2n) is 11.9. The van der Waals surface area contributed by atoms with Crippen LogP contribution in [-0.4, -0.2) is 35.1 Å². The fraction of sp³-hybridized carbons (Fsp3) is 0.806. The summed E-state index contributed by atoms with van der Waals surface area (Å²) in [7, 11) is -4.66. The molecule has 44 heavy (non-hydrogen) atoms. The number of esters is 1. The molecule has 0 aliphatic carbocycles. The summed E-state index contributed by atoms with van der Waals surface area (Å²) in [4.78, 5) is 30.4. The fourth-order valence-electron chi connectivity index (χ4n) is 4.83. The summed E-state index contributed by atoms with van der Waals surface area (Å²) in [5.74, 6) is -0.400. The van der Waals surface area contributed by atoms with Crippen molar-refractivity contribution in [3.8, 4) is 0 Å². The third kappa shape index (κ3) is 35.1. The van der Waals surface area contributed by atoms with Crippen LogP contribution >= 0.6 is 7.82 Å². The first-order chi connectivity index (χ1) is 21.4. The summed E-state index contributed by atoms with van der Waals surface area (Å²) >= 11 is 0. The van der Waals surface area contributed by atoms with Crippen molar-refractivity contribution in [3.63, 3.8) is 0 Å². The van der Waals surface area contributed by atoms with Gasteiger partial charge in [-0.1, -0.05) is 141 Å². The maximum absolute atomic E-state index is 12.3. The highest BCUT2D eigenvalue weighted by atomic mass is 31.2. The molecule has 258 valence electrons. The van der Waals surface area contributed by atoms with Crippen molar-refractivity contribution in [2.24, 2.45) is 0 Å². The van der Waals surface area contributed by atoms with Crippen molar-refractivity contribution < 1.29 is 33.1 Å². The van der Waals surface area contributed by atoms with Gasteiger partial charge >= 0.3 is 13.8 Å². The van der Waals surface area contributed by atoms with Gasteiger partial charge in [0.15, 0.2) is 6.10 Å². The summed E-state index contributed by atoms with van der Waals surface area (Å²) in [5.41, 5.74) is 0. The number of phosphoric acid groups is 1. The van der Waals surface area contributed by atoms with Crippen LogP contribution in [0.3, 0.4) is 0 Å². The van der Waals surface area contributed by atoms with Gasteiger partial charge < -0.3 is 19.3 Å². The number of hydrogen-bond acceptors (Lipinski definition) is 5. The zero-order valence-corrected chi connectivity index (χ0v) is 29.2. The number of allylic oxidation sites excluding steroid dienone is 5. The van der Waals surface area contributed by atoms with E-state index in [1.165, 1.54) is 89.9 Å². The molecule has 7 nitrogen and oxygen atoms in total. The van der Waals surface area contributed by atoms with Gasteiger partial charge in [-0.3, -0.25) is 9.32 Å². The van der Waals surface area contributed by atoms with E-state index in [0.717, 1.165) is 57.8 Å². The van der Waals surface area contributed by atoms with Crippen LogP contribution in [0.25, 0.3) is 0 Å². The zero-order valence-electron chi connectivity index (χ0n) is 28.3. The molecule has 0 rings (SSSR count). The Labute approximate surface area is 270 Å². The van der Waals surface area contributed by atoms with Crippen molar-refractivity contribution in [3.05, 3.63) is 36.6 Å². The standard InChI is InChI=1S/C36H67O7P/c1-3-5-7-9-11-13-15-17-19-21-23-25-27-29-31-36(37)43-35(34-42-44(38,39)40)33-41-32-30-28-26-24-22-20-18-16-14-12-10-8-6-4-2/h9,11,15,17,30,32,35H,3-8,10,12-14,16,18-29,31,33-34H2,1-2H3,(H2,38,39,40)/b11-9-,17-15-,32-30-/t35-/m1/s1. The summed E-state index contributed by atoms with van der Waals surface area (Å²) < 4.78 is 26.6. The second-order valence-corrected chi connectivity index (χ2v) is 13.1. The molecule has 0 aromatic heterocycles. The number of carbonyl (C=O) groups is 1. The molecule has 0 aliphatic heterocycles. The van der Waals surface area contributed by atoms with E-state index in [9.17, 15) is 9.36 Å². The Balaban J connectivity index is 3.94. The predicted octanol–water partition coefficient (Wildman–Crippen LogP) is 11.1. The number of hydrogen-bond donors (Lipinski definition) is 2. The van der Waals surface area contributed by atoms with Gasteiger partial charge in [0, 0.05) is 6.42 Å². The van der Waals surface area contributed by atoms with Crippen LogP contribution in [0, 0.1) is 0 Å². The lowest BCUT2D eigenvalue weighted by molar-refractivity contribution is -0.153. The van der Waals surface area contributed by atoms with Crippen molar-refractivity contribution in [1.82, 2.24) is 0 Å². The van der Waals surface area contributed by atoms with Crippen LogP contribution in [0.2, 0.25) is 0 Å². The molecule has 0 amide bonds. The number of carbonyl (C=O) groups excluding carboxylic acids is 1. The molecular weight excluding hydrogens is 575 g/mol. The number of ether oxygens (including phenoxy) is 2. The van der Waals surface area contributed by atoms with Gasteiger partial charge in [0.2, 0.25) is 0 Å². The van der Waals surface area contributed by atoms with Gasteiger partial charge in [0.1, 0.15) is 6.61 Å². The van der Waals surface area contributed by atoms with E-state index < -0.39 is 26.5 Å². The van der Waals surface area contributed by atoms with Gasteiger partial charge in [-0.25, -0.2) is 4.57 Å². The number of unbranched alkanes of at least 4 members (excludes halogenated alkanes) is 19. The van der Waals surface area contributed by atoms with Crippen molar-refractivity contribution >= 4 is 13.8 Å². The summed E-state index contributed by atoms with van der Waals surface area (Å²) in [6.45, 7) is 4.04. The van der Waals surface area contributed by atoms with E-state index in [2.05, 4.69) is 42.7 Å². The van der Waals surface area contributed by atoms with Gasteiger partial charge in [-0.2, -0.15) is 0 Å². The first kappa shape index (κ1) is 42.6. The first-order valence-corrected chi connectivity index (χ1v) is 19.4. The third-order valence-corrected chi connectivity index (χ3v) is 7.99. The molecule has 8 heteroatoms. The highest BCUT2D eigenvalue weighted by molar-refractivity contribution is 7.46. The minimum absolute atomic E-state index is 0.0112. The lowest BCUT2D eigenvalue weighted by Gasteiger charge is -2.18. The van der Waals surface area contributed by atoms with Crippen LogP contribution in [-0.2, 0) is 23.4 Å². The van der Waals surface area contributed by atoms with E-state index in [-0.39, 0.29) is 13.0 Å². The van der Waals surface area contributed by atoms with Crippen molar-refractivity contribution in [1.29, 1.82) is 0 Å². The minimum atomic E-state index is -4.66. The monoisotopic (exact) mass is 642 g/mol. The second kappa shape index (κ2) is 33.0. The van der Waals surface area contributed by atoms with Crippen molar-refractivity contribution in [2.75, 3.05) is 13.2 Å². The van der Waals surface area contributed by atoms with Crippen LogP contribution in [0.4, 0.5) is 0 Å². The molecular formula is C36H67O7P. The van der Waals surface area contributed by atoms with Crippen molar-refractivity contribution in [2.45, 2.75) is 174 Å². The minimum Gasteiger partial charge on any atom is -0.498 e. The predicted molar refractivity (Wildman–Crippen MR) is 183 cm³/mol. The van der Waals surface area contributed by atoms with Gasteiger partial charge in [0.05, 0.1) is 12.9 Å². The molecule has 0 spiro atoms. The molecule has 0 unspecified atom stereocenters. The average molecular weight is 643 g/mol. The van der Waals surface area contributed by atoms with Gasteiger partial charge in [0.25, 0.3) is 0 Å². The average Bonchev–Trinajstić information content (AvgIpc) is 2.99. The van der Waals surface area contributed by atoms with Crippen LogP contribution < -0.4 is 0 Å². The Kier molecular flexibility index (Phi) is 31.9. The van der Waals surface area contributed by atoms with E-state index in [1.54, 1.807) is 6.26 Å². The summed E-state index contributed by atoms with van der Waals surface area (Å²) in [6.07, 6.45) is 39.3. The smallest absolute Gasteiger partial charge is 0.469 e. The van der Waals surface area contributed by atoms with Crippen LogP contribution in [0.1, 0.15) is 168 Å². The molecule has 1 atom stereocenters. The van der Waals surface area contributed by atoms with E-state index in [0.29, 0.717) is 0 Å². The van der Waals surface area contributed by atoms with Crippen LogP contribution in [0.5, 0.6) is 0 Å². The molecule has 2 N–H and O–H groups in total. The molecule has 0 bridgehead atoms. The van der Waals surface area contributed by atoms with E-state index in [1.807, 2.05) is 6.08 Å². The Morgan fingerprint density at radius 3 is 1.64 bits per heavy atom. The zero-order chi connectivity index (χ0) is 32.4. The largest absolute Gasteiger partial charge is 0.498 e. The highest BCUT2D eigenvalue weighted by Gasteiger charge is 2.21. The highest BCUT2D eigenvalue weighted by Crippen LogP contribution is 2.35. The molecule has 0 aliphatic rings. The van der Waals surface area contributed by atoms with E-state index in [4.69, 9.17) is 19.3 Å². The lowest BCUT2D eigenvalue weighted by atomic mass is 10.0. The molecule has 0 saturated heterocycles.